The van der Waals surface area contributed by atoms with Crippen LogP contribution in [0.1, 0.15) is 54.2 Å². The quantitative estimate of drug-likeness (QED) is 0.409. The highest BCUT2D eigenvalue weighted by Gasteiger charge is 2.40. The molecule has 1 amide bonds. The van der Waals surface area contributed by atoms with E-state index in [1.807, 2.05) is 86.3 Å². The van der Waals surface area contributed by atoms with Gasteiger partial charge in [0.05, 0.1) is 6.04 Å². The van der Waals surface area contributed by atoms with Crippen molar-refractivity contribution in [2.75, 3.05) is 4.90 Å². The zero-order valence-electron chi connectivity index (χ0n) is 20.1. The van der Waals surface area contributed by atoms with Crippen molar-refractivity contribution in [2.24, 2.45) is 5.73 Å². The van der Waals surface area contributed by atoms with E-state index in [0.717, 1.165) is 33.6 Å². The predicted octanol–water partition coefficient (Wildman–Crippen LogP) is 5.81. The van der Waals surface area contributed by atoms with Crippen molar-refractivity contribution >= 4 is 40.6 Å². The van der Waals surface area contributed by atoms with Gasteiger partial charge in [0.2, 0.25) is 0 Å². The molecule has 1 aliphatic heterocycles. The van der Waals surface area contributed by atoms with E-state index in [-0.39, 0.29) is 17.1 Å². The first-order chi connectivity index (χ1) is 16.7. The smallest absolute Gasteiger partial charge is 0.326 e. The zero-order valence-corrected chi connectivity index (χ0v) is 20.9. The standard InChI is InChI=1S/C28H29N3O3S/c1-4-6-25(27(33)34)30-18(3)24-16-20(11-14-23(24)26(30)32)19-9-12-21(13-10-19)31(28(29)35)22-8-5-7-17(2)15-22/h5,7-16,18,25H,4,6H2,1-3H3,(H2,29,35)(H,33,34)/t18-,25?/m0/s1. The summed E-state index contributed by atoms with van der Waals surface area (Å²) in [5, 5.41) is 9.96. The molecule has 0 aliphatic carbocycles. The molecule has 7 heteroatoms. The van der Waals surface area contributed by atoms with E-state index in [2.05, 4.69) is 0 Å². The fraction of sp³-hybridized carbons (Fsp3) is 0.250. The molecule has 0 saturated heterocycles. The third-order valence-electron chi connectivity index (χ3n) is 6.51. The van der Waals surface area contributed by atoms with Crippen LogP contribution >= 0.6 is 12.2 Å². The number of anilines is 2. The molecule has 0 saturated carbocycles. The maximum absolute atomic E-state index is 13.1. The Bertz CT molecular complexity index is 1290. The molecular formula is C28H29N3O3S. The van der Waals surface area contributed by atoms with Crippen LogP contribution in [0.4, 0.5) is 11.4 Å². The van der Waals surface area contributed by atoms with E-state index in [0.29, 0.717) is 18.4 Å². The number of fused-ring (bicyclic) bond motifs is 1. The Morgan fingerprint density at radius 1 is 1.09 bits per heavy atom. The Kier molecular flexibility index (Phi) is 6.89. The minimum atomic E-state index is -0.966. The molecule has 4 rings (SSSR count). The molecule has 0 spiro atoms. The monoisotopic (exact) mass is 487 g/mol. The van der Waals surface area contributed by atoms with Gasteiger partial charge in [0.15, 0.2) is 5.11 Å². The third kappa shape index (κ3) is 4.64. The molecule has 3 aromatic carbocycles. The summed E-state index contributed by atoms with van der Waals surface area (Å²) in [7, 11) is 0. The fourth-order valence-electron chi connectivity index (χ4n) is 4.79. The molecule has 0 bridgehead atoms. The van der Waals surface area contributed by atoms with Gasteiger partial charge in [0.1, 0.15) is 6.04 Å². The molecule has 1 aliphatic rings. The van der Waals surface area contributed by atoms with Crippen LogP contribution in [0.25, 0.3) is 11.1 Å². The van der Waals surface area contributed by atoms with E-state index in [1.165, 1.54) is 4.90 Å². The van der Waals surface area contributed by atoms with Crippen LogP contribution in [0.3, 0.4) is 0 Å². The van der Waals surface area contributed by atoms with Crippen LogP contribution in [0.2, 0.25) is 0 Å². The van der Waals surface area contributed by atoms with E-state index >= 15 is 0 Å². The summed E-state index contributed by atoms with van der Waals surface area (Å²) in [5.41, 5.74) is 12.3. The van der Waals surface area contributed by atoms with Crippen LogP contribution in [0.15, 0.2) is 66.7 Å². The Labute approximate surface area is 211 Å². The SMILES string of the molecule is CCCC(C(=O)O)N1C(=O)c2ccc(-c3ccc(N(C(N)=S)c4cccc(C)c4)cc3)cc2[C@@H]1C. The summed E-state index contributed by atoms with van der Waals surface area (Å²) in [6, 6.07) is 20.5. The van der Waals surface area contributed by atoms with Gasteiger partial charge in [-0.3, -0.25) is 9.69 Å². The Morgan fingerprint density at radius 3 is 2.37 bits per heavy atom. The second kappa shape index (κ2) is 9.88. The number of thiocarbonyl (C=S) groups is 1. The number of aryl methyl sites for hydroxylation is 1. The third-order valence-corrected chi connectivity index (χ3v) is 6.69. The number of carbonyl (C=O) groups is 2. The number of carboxylic acids is 1. The van der Waals surface area contributed by atoms with E-state index in [1.54, 1.807) is 6.07 Å². The van der Waals surface area contributed by atoms with Crippen LogP contribution in [-0.2, 0) is 4.79 Å². The summed E-state index contributed by atoms with van der Waals surface area (Å²) >= 11 is 5.32. The van der Waals surface area contributed by atoms with Gasteiger partial charge in [0.25, 0.3) is 5.91 Å². The maximum Gasteiger partial charge on any atom is 0.326 e. The van der Waals surface area contributed by atoms with Crippen LogP contribution in [0, 0.1) is 6.92 Å². The lowest BCUT2D eigenvalue weighted by atomic mass is 9.97. The molecule has 1 heterocycles. The first-order valence-electron chi connectivity index (χ1n) is 11.7. The lowest BCUT2D eigenvalue weighted by molar-refractivity contribution is -0.143. The first-order valence-corrected chi connectivity index (χ1v) is 12.1. The average molecular weight is 488 g/mol. The van der Waals surface area contributed by atoms with Crippen molar-refractivity contribution in [3.8, 4) is 11.1 Å². The summed E-state index contributed by atoms with van der Waals surface area (Å²) in [6.07, 6.45) is 1.11. The van der Waals surface area contributed by atoms with Gasteiger partial charge >= 0.3 is 5.97 Å². The van der Waals surface area contributed by atoms with Crippen molar-refractivity contribution in [3.05, 3.63) is 83.4 Å². The number of carbonyl (C=O) groups excluding carboxylic acids is 1. The number of nitrogens with two attached hydrogens (primary N) is 1. The van der Waals surface area contributed by atoms with Gasteiger partial charge in [-0.25, -0.2) is 4.79 Å². The maximum atomic E-state index is 13.1. The topological polar surface area (TPSA) is 86.9 Å². The number of hydrogen-bond acceptors (Lipinski definition) is 3. The van der Waals surface area contributed by atoms with Crippen molar-refractivity contribution < 1.29 is 14.7 Å². The van der Waals surface area contributed by atoms with E-state index < -0.39 is 12.0 Å². The van der Waals surface area contributed by atoms with Crippen LogP contribution in [0.5, 0.6) is 0 Å². The fourth-order valence-corrected chi connectivity index (χ4v) is 5.00. The average Bonchev–Trinajstić information content (AvgIpc) is 3.07. The highest BCUT2D eigenvalue weighted by atomic mass is 32.1. The zero-order chi connectivity index (χ0) is 25.3. The van der Waals surface area contributed by atoms with Crippen molar-refractivity contribution in [1.82, 2.24) is 4.90 Å². The van der Waals surface area contributed by atoms with E-state index in [4.69, 9.17) is 18.0 Å². The van der Waals surface area contributed by atoms with Gasteiger partial charge in [-0.2, -0.15) is 0 Å². The summed E-state index contributed by atoms with van der Waals surface area (Å²) in [6.45, 7) is 5.84. The van der Waals surface area contributed by atoms with Gasteiger partial charge in [-0.1, -0.05) is 43.7 Å². The van der Waals surface area contributed by atoms with Crippen molar-refractivity contribution in [2.45, 2.75) is 45.7 Å². The molecule has 2 atom stereocenters. The highest BCUT2D eigenvalue weighted by molar-refractivity contribution is 7.80. The molecule has 1 unspecified atom stereocenters. The van der Waals surface area contributed by atoms with E-state index in [9.17, 15) is 14.7 Å². The highest BCUT2D eigenvalue weighted by Crippen LogP contribution is 2.38. The van der Waals surface area contributed by atoms with Gasteiger partial charge in [-0.05, 0) is 91.1 Å². The number of hydrogen-bond donors (Lipinski definition) is 2. The minimum absolute atomic E-state index is 0.222. The molecule has 0 fully saturated rings. The Balaban J connectivity index is 1.64. The molecule has 3 aromatic rings. The normalized spacial score (nSPS) is 15.6. The van der Waals surface area contributed by atoms with Crippen molar-refractivity contribution in [1.29, 1.82) is 0 Å². The minimum Gasteiger partial charge on any atom is -0.480 e. The van der Waals surface area contributed by atoms with Gasteiger partial charge in [0, 0.05) is 16.9 Å². The number of amides is 1. The number of benzene rings is 3. The lowest BCUT2D eigenvalue weighted by Crippen LogP contribution is -2.42. The number of carboxylic acid groups (broad SMARTS) is 1. The lowest BCUT2D eigenvalue weighted by Gasteiger charge is -2.28. The molecule has 3 N–H and O–H groups in total. The number of rotatable bonds is 7. The molecule has 35 heavy (non-hydrogen) atoms. The predicted molar refractivity (Wildman–Crippen MR) is 143 cm³/mol. The van der Waals surface area contributed by atoms with Gasteiger partial charge < -0.3 is 15.7 Å². The Hall–Kier alpha value is -3.71. The first kappa shape index (κ1) is 24.4. The summed E-state index contributed by atoms with van der Waals surface area (Å²) in [5.74, 6) is -1.19. The number of nitrogens with zero attached hydrogens (tertiary/aromatic N) is 2. The van der Waals surface area contributed by atoms with Crippen LogP contribution < -0.4 is 10.6 Å². The molecule has 0 aromatic heterocycles. The molecular weight excluding hydrogens is 458 g/mol. The molecule has 0 radical (unpaired) electrons. The number of aliphatic carboxylic acids is 1. The molecule has 6 nitrogen and oxygen atoms in total. The summed E-state index contributed by atoms with van der Waals surface area (Å²) < 4.78 is 0. The Morgan fingerprint density at radius 2 is 1.77 bits per heavy atom. The van der Waals surface area contributed by atoms with Crippen molar-refractivity contribution in [3.63, 3.8) is 0 Å². The largest absolute Gasteiger partial charge is 0.480 e. The van der Waals surface area contributed by atoms with Gasteiger partial charge in [-0.15, -0.1) is 0 Å². The summed E-state index contributed by atoms with van der Waals surface area (Å²) in [4.78, 5) is 28.2. The van der Waals surface area contributed by atoms with Crippen LogP contribution in [-0.4, -0.2) is 33.0 Å². The second-order valence-electron chi connectivity index (χ2n) is 8.89. The second-order valence-corrected chi connectivity index (χ2v) is 9.31. The molecule has 180 valence electrons.